The summed E-state index contributed by atoms with van der Waals surface area (Å²) < 4.78 is 1.81. The summed E-state index contributed by atoms with van der Waals surface area (Å²) in [5, 5.41) is 27.2. The van der Waals surface area contributed by atoms with Gasteiger partial charge in [0.15, 0.2) is 0 Å². The first-order valence-corrected chi connectivity index (χ1v) is 8.04. The Morgan fingerprint density at radius 3 is 3.00 bits per heavy atom. The van der Waals surface area contributed by atoms with Crippen LogP contribution in [0.25, 0.3) is 0 Å². The van der Waals surface area contributed by atoms with Crippen LogP contribution in [0.4, 0.5) is 5.82 Å². The summed E-state index contributed by atoms with van der Waals surface area (Å²) in [7, 11) is 0. The van der Waals surface area contributed by atoms with Crippen molar-refractivity contribution in [3.05, 3.63) is 40.8 Å². The van der Waals surface area contributed by atoms with E-state index < -0.39 is 6.10 Å². The number of aliphatic hydroxyl groups excluding tert-OH is 1. The van der Waals surface area contributed by atoms with Gasteiger partial charge in [0.1, 0.15) is 11.9 Å². The molecule has 2 aromatic rings. The Balaban J connectivity index is 1.60. The number of pyridine rings is 1. The molecule has 2 heterocycles. The maximum Gasteiger partial charge on any atom is 0.144 e. The van der Waals surface area contributed by atoms with Crippen LogP contribution < -0.4 is 5.32 Å². The third-order valence-corrected chi connectivity index (χ3v) is 4.83. The van der Waals surface area contributed by atoms with Crippen LogP contribution in [0, 0.1) is 18.3 Å². The highest BCUT2D eigenvalue weighted by molar-refractivity contribution is 5.56. The zero-order valence-electron chi connectivity index (χ0n) is 13.0. The number of rotatable bonds is 3. The van der Waals surface area contributed by atoms with E-state index in [1.54, 1.807) is 10.9 Å². The minimum Gasteiger partial charge on any atom is -0.391 e. The largest absolute Gasteiger partial charge is 0.391 e. The van der Waals surface area contributed by atoms with E-state index in [0.29, 0.717) is 17.8 Å². The highest BCUT2D eigenvalue weighted by Gasteiger charge is 2.42. The molecule has 0 amide bonds. The molecule has 2 aliphatic carbocycles. The number of nitriles is 1. The number of nitrogens with zero attached hydrogens (tertiary/aromatic N) is 4. The quantitative estimate of drug-likeness (QED) is 0.901. The average molecular weight is 309 g/mol. The van der Waals surface area contributed by atoms with Crippen molar-refractivity contribution in [2.45, 2.75) is 50.8 Å². The van der Waals surface area contributed by atoms with E-state index in [0.717, 1.165) is 30.5 Å². The second kappa shape index (κ2) is 5.36. The van der Waals surface area contributed by atoms with Crippen molar-refractivity contribution >= 4 is 5.82 Å². The minimum atomic E-state index is -0.424. The van der Waals surface area contributed by atoms with Gasteiger partial charge in [-0.15, -0.1) is 0 Å². The van der Waals surface area contributed by atoms with Gasteiger partial charge in [-0.3, -0.25) is 4.68 Å². The zero-order chi connectivity index (χ0) is 16.0. The van der Waals surface area contributed by atoms with Crippen molar-refractivity contribution in [3.63, 3.8) is 0 Å². The monoisotopic (exact) mass is 309 g/mol. The number of nitrogens with one attached hydrogen (secondary N) is 1. The summed E-state index contributed by atoms with van der Waals surface area (Å²) in [6.07, 6.45) is 7.02. The molecular formula is C17H19N5O. The van der Waals surface area contributed by atoms with Crippen LogP contribution in [-0.2, 0) is 12.8 Å². The van der Waals surface area contributed by atoms with Gasteiger partial charge in [0, 0.05) is 11.9 Å². The third kappa shape index (κ3) is 2.37. The fraction of sp³-hybridized carbons (Fsp3) is 0.471. The standard InChI is InChI=1S/C17H19N5O/c1-10-8-19-22(9-10)16-14(6-15(16)23)21-17-12(7-18)5-11-3-2-4-13(11)20-17/h5,8-9,14-16,23H,2-4,6H2,1H3,(H,20,21)/t14-,15+,16+/m0/s1. The van der Waals surface area contributed by atoms with E-state index >= 15 is 0 Å². The summed E-state index contributed by atoms with van der Waals surface area (Å²) in [6, 6.07) is 4.11. The number of anilines is 1. The molecule has 0 saturated heterocycles. The maximum atomic E-state index is 10.1. The van der Waals surface area contributed by atoms with Gasteiger partial charge in [-0.05, 0) is 49.8 Å². The first-order valence-electron chi connectivity index (χ1n) is 8.04. The van der Waals surface area contributed by atoms with Crippen LogP contribution in [0.1, 0.15) is 41.3 Å². The Morgan fingerprint density at radius 2 is 2.30 bits per heavy atom. The van der Waals surface area contributed by atoms with Gasteiger partial charge in [-0.1, -0.05) is 0 Å². The molecule has 0 unspecified atom stereocenters. The molecule has 2 aromatic heterocycles. The number of hydrogen-bond acceptors (Lipinski definition) is 5. The Labute approximate surface area is 134 Å². The molecule has 2 aliphatic rings. The molecule has 0 aliphatic heterocycles. The Morgan fingerprint density at radius 1 is 1.43 bits per heavy atom. The van der Waals surface area contributed by atoms with Gasteiger partial charge in [-0.2, -0.15) is 10.4 Å². The van der Waals surface area contributed by atoms with Crippen molar-refractivity contribution in [1.29, 1.82) is 5.26 Å². The normalized spacial score (nSPS) is 25.5. The van der Waals surface area contributed by atoms with Crippen LogP contribution in [0.5, 0.6) is 0 Å². The van der Waals surface area contributed by atoms with Crippen molar-refractivity contribution in [2.75, 3.05) is 5.32 Å². The van der Waals surface area contributed by atoms with E-state index in [2.05, 4.69) is 21.5 Å². The molecular weight excluding hydrogens is 290 g/mol. The van der Waals surface area contributed by atoms with Crippen LogP contribution in [0.15, 0.2) is 18.5 Å². The molecule has 1 saturated carbocycles. The SMILES string of the molecule is Cc1cnn([C@H]2[C@H](O)C[C@@H]2Nc2nc3c(cc2C#N)CCC3)c1. The lowest BCUT2D eigenvalue weighted by molar-refractivity contribution is 0.0133. The molecule has 118 valence electrons. The van der Waals surface area contributed by atoms with Gasteiger partial charge in [0.05, 0.1) is 29.9 Å². The number of aryl methyl sites for hydroxylation is 3. The fourth-order valence-corrected chi connectivity index (χ4v) is 3.56. The molecule has 0 spiro atoms. The molecule has 4 rings (SSSR count). The van der Waals surface area contributed by atoms with Crippen molar-refractivity contribution in [1.82, 2.24) is 14.8 Å². The molecule has 0 aromatic carbocycles. The summed E-state index contributed by atoms with van der Waals surface area (Å²) >= 11 is 0. The van der Waals surface area contributed by atoms with Gasteiger partial charge in [0.25, 0.3) is 0 Å². The molecule has 23 heavy (non-hydrogen) atoms. The Kier molecular flexibility index (Phi) is 3.31. The zero-order valence-corrected chi connectivity index (χ0v) is 13.0. The second-order valence-corrected chi connectivity index (χ2v) is 6.50. The first-order chi connectivity index (χ1) is 11.2. The van der Waals surface area contributed by atoms with Gasteiger partial charge >= 0.3 is 0 Å². The summed E-state index contributed by atoms with van der Waals surface area (Å²) in [4.78, 5) is 4.66. The number of fused-ring (bicyclic) bond motifs is 1. The topological polar surface area (TPSA) is 86.8 Å². The van der Waals surface area contributed by atoms with E-state index in [-0.39, 0.29) is 12.1 Å². The molecule has 0 radical (unpaired) electrons. The van der Waals surface area contributed by atoms with E-state index in [9.17, 15) is 10.4 Å². The third-order valence-electron chi connectivity index (χ3n) is 4.83. The van der Waals surface area contributed by atoms with E-state index in [4.69, 9.17) is 0 Å². The lowest BCUT2D eigenvalue weighted by atomic mass is 9.83. The lowest BCUT2D eigenvalue weighted by Crippen LogP contribution is -2.51. The number of hydrogen-bond donors (Lipinski definition) is 2. The van der Waals surface area contributed by atoms with E-state index in [1.807, 2.05) is 19.2 Å². The summed E-state index contributed by atoms with van der Waals surface area (Å²) in [5.74, 6) is 0.638. The first kappa shape index (κ1) is 14.2. The Bertz CT molecular complexity index is 791. The van der Waals surface area contributed by atoms with Gasteiger partial charge < -0.3 is 10.4 Å². The summed E-state index contributed by atoms with van der Waals surface area (Å²) in [6.45, 7) is 1.98. The summed E-state index contributed by atoms with van der Waals surface area (Å²) in [5.41, 5.74) is 3.94. The minimum absolute atomic E-state index is 0.0309. The van der Waals surface area contributed by atoms with Crippen LogP contribution >= 0.6 is 0 Å². The van der Waals surface area contributed by atoms with Crippen molar-refractivity contribution in [3.8, 4) is 6.07 Å². The molecule has 0 bridgehead atoms. The molecule has 6 heteroatoms. The maximum absolute atomic E-state index is 10.1. The fourth-order valence-electron chi connectivity index (χ4n) is 3.56. The lowest BCUT2D eigenvalue weighted by Gasteiger charge is -2.42. The number of aliphatic hydroxyl groups is 1. The number of aromatic nitrogens is 3. The van der Waals surface area contributed by atoms with Crippen LogP contribution in [0.3, 0.4) is 0 Å². The van der Waals surface area contributed by atoms with Crippen molar-refractivity contribution in [2.24, 2.45) is 0 Å². The van der Waals surface area contributed by atoms with Gasteiger partial charge in [0.2, 0.25) is 0 Å². The average Bonchev–Trinajstić information content (AvgIpc) is 3.14. The van der Waals surface area contributed by atoms with Crippen molar-refractivity contribution < 1.29 is 5.11 Å². The molecule has 3 atom stereocenters. The van der Waals surface area contributed by atoms with E-state index in [1.165, 1.54) is 5.56 Å². The van der Waals surface area contributed by atoms with Crippen LogP contribution in [0.2, 0.25) is 0 Å². The molecule has 1 fully saturated rings. The predicted molar refractivity (Wildman–Crippen MR) is 85.0 cm³/mol. The van der Waals surface area contributed by atoms with Gasteiger partial charge in [-0.25, -0.2) is 4.98 Å². The smallest absolute Gasteiger partial charge is 0.144 e. The molecule has 2 N–H and O–H groups in total. The predicted octanol–water partition coefficient (Wildman–Crippen LogP) is 1.73. The van der Waals surface area contributed by atoms with Crippen LogP contribution in [-0.4, -0.2) is 32.0 Å². The molecule has 6 nitrogen and oxygen atoms in total. The Hall–Kier alpha value is -2.39. The highest BCUT2D eigenvalue weighted by Crippen LogP contribution is 2.36. The second-order valence-electron chi connectivity index (χ2n) is 6.50. The highest BCUT2D eigenvalue weighted by atomic mass is 16.3.